The van der Waals surface area contributed by atoms with Gasteiger partial charge in [-0.15, -0.1) is 0 Å². The van der Waals surface area contributed by atoms with E-state index in [-0.39, 0.29) is 17.9 Å². The van der Waals surface area contributed by atoms with Crippen LogP contribution in [0.25, 0.3) is 0 Å². The van der Waals surface area contributed by atoms with Crippen molar-refractivity contribution in [3.05, 3.63) is 24.0 Å². The average molecular weight is 284 g/mol. The number of carbonyl (C=O) groups is 2. The van der Waals surface area contributed by atoms with Gasteiger partial charge in [-0.3, -0.25) is 0 Å². The van der Waals surface area contributed by atoms with Gasteiger partial charge in [-0.2, -0.15) is 0 Å². The van der Waals surface area contributed by atoms with Crippen molar-refractivity contribution >= 4 is 17.7 Å². The average Bonchev–Trinajstić information content (AvgIpc) is 2.39. The van der Waals surface area contributed by atoms with E-state index in [9.17, 15) is 14.0 Å². The number of urea groups is 1. The van der Waals surface area contributed by atoms with E-state index >= 15 is 0 Å². The Morgan fingerprint density at radius 3 is 2.60 bits per heavy atom. The zero-order valence-corrected chi connectivity index (χ0v) is 11.3. The highest BCUT2D eigenvalue weighted by Crippen LogP contribution is 2.21. The number of ether oxygens (including phenoxy) is 1. The third-order valence-corrected chi connectivity index (χ3v) is 2.50. The first-order valence-corrected chi connectivity index (χ1v) is 6.20. The lowest BCUT2D eigenvalue weighted by atomic mass is 10.2. The molecule has 2 amide bonds. The molecule has 0 fully saturated rings. The van der Waals surface area contributed by atoms with Gasteiger partial charge in [0.1, 0.15) is 6.04 Å². The Morgan fingerprint density at radius 2 is 2.10 bits per heavy atom. The lowest BCUT2D eigenvalue weighted by Gasteiger charge is -2.13. The van der Waals surface area contributed by atoms with Crippen LogP contribution in [0.15, 0.2) is 18.2 Å². The molecule has 3 N–H and O–H groups in total. The normalized spacial score (nSPS) is 11.6. The largest absolute Gasteiger partial charge is 0.491 e. The van der Waals surface area contributed by atoms with Gasteiger partial charge >= 0.3 is 12.0 Å². The molecule has 0 heterocycles. The summed E-state index contributed by atoms with van der Waals surface area (Å²) < 4.78 is 18.6. The van der Waals surface area contributed by atoms with Gasteiger partial charge < -0.3 is 20.5 Å². The van der Waals surface area contributed by atoms with E-state index in [1.807, 2.05) is 0 Å². The second kappa shape index (κ2) is 7.32. The zero-order chi connectivity index (χ0) is 15.1. The van der Waals surface area contributed by atoms with E-state index in [0.29, 0.717) is 6.61 Å². The minimum Gasteiger partial charge on any atom is -0.491 e. The van der Waals surface area contributed by atoms with E-state index in [0.717, 1.165) is 6.07 Å². The first-order valence-electron chi connectivity index (χ1n) is 6.20. The van der Waals surface area contributed by atoms with E-state index in [2.05, 4.69) is 10.6 Å². The van der Waals surface area contributed by atoms with Gasteiger partial charge in [-0.1, -0.05) is 6.92 Å². The summed E-state index contributed by atoms with van der Waals surface area (Å²) in [5.74, 6) is -1.63. The van der Waals surface area contributed by atoms with Gasteiger partial charge in [0.2, 0.25) is 0 Å². The van der Waals surface area contributed by atoms with E-state index in [1.165, 1.54) is 12.1 Å². The van der Waals surface area contributed by atoms with Gasteiger partial charge in [0.05, 0.1) is 6.61 Å². The minimum atomic E-state index is -1.12. The molecular formula is C13H17FN2O4. The van der Waals surface area contributed by atoms with Crippen molar-refractivity contribution < 1.29 is 23.8 Å². The Morgan fingerprint density at radius 1 is 1.40 bits per heavy atom. The molecule has 0 aliphatic rings. The predicted octanol–water partition coefficient (Wildman–Crippen LogP) is 2.21. The highest BCUT2D eigenvalue weighted by atomic mass is 19.1. The van der Waals surface area contributed by atoms with Crippen LogP contribution in [0.2, 0.25) is 0 Å². The van der Waals surface area contributed by atoms with Crippen molar-refractivity contribution in [1.82, 2.24) is 5.32 Å². The number of hydrogen-bond acceptors (Lipinski definition) is 3. The molecule has 0 saturated heterocycles. The van der Waals surface area contributed by atoms with Crippen LogP contribution in [0, 0.1) is 5.82 Å². The van der Waals surface area contributed by atoms with Crippen LogP contribution in [0.5, 0.6) is 5.75 Å². The number of carboxylic acid groups (broad SMARTS) is 1. The number of carboxylic acids is 1. The summed E-state index contributed by atoms with van der Waals surface area (Å²) in [4.78, 5) is 22.3. The maximum absolute atomic E-state index is 13.6. The molecule has 0 radical (unpaired) electrons. The van der Waals surface area contributed by atoms with Crippen molar-refractivity contribution in [2.75, 3.05) is 11.9 Å². The lowest BCUT2D eigenvalue weighted by molar-refractivity contribution is -0.139. The first kappa shape index (κ1) is 15.7. The second-order valence-corrected chi connectivity index (χ2v) is 3.98. The van der Waals surface area contributed by atoms with Gasteiger partial charge in [0.25, 0.3) is 0 Å². The molecule has 0 saturated carbocycles. The van der Waals surface area contributed by atoms with Crippen molar-refractivity contribution in [1.29, 1.82) is 0 Å². The molecule has 6 nitrogen and oxygen atoms in total. The SMILES string of the molecule is CCOc1ccc(NC(=O)N[C@@H](CC)C(=O)O)cc1F. The monoisotopic (exact) mass is 284 g/mol. The molecule has 0 aromatic heterocycles. The Hall–Kier alpha value is -2.31. The van der Waals surface area contributed by atoms with Crippen molar-refractivity contribution in [3.63, 3.8) is 0 Å². The highest BCUT2D eigenvalue weighted by molar-refractivity contribution is 5.92. The molecule has 0 spiro atoms. The Balaban J connectivity index is 2.66. The first-order chi connectivity index (χ1) is 9.47. The molecule has 7 heteroatoms. The van der Waals surface area contributed by atoms with Crippen LogP contribution in [0.1, 0.15) is 20.3 Å². The number of halogens is 1. The number of rotatable bonds is 6. The van der Waals surface area contributed by atoms with E-state index in [1.54, 1.807) is 13.8 Å². The van der Waals surface area contributed by atoms with Crippen molar-refractivity contribution in [2.24, 2.45) is 0 Å². The maximum Gasteiger partial charge on any atom is 0.326 e. The smallest absolute Gasteiger partial charge is 0.326 e. The third kappa shape index (κ3) is 4.42. The lowest BCUT2D eigenvalue weighted by Crippen LogP contribution is -2.42. The number of anilines is 1. The van der Waals surface area contributed by atoms with Crippen LogP contribution < -0.4 is 15.4 Å². The van der Waals surface area contributed by atoms with E-state index in [4.69, 9.17) is 9.84 Å². The standard InChI is InChI=1S/C13H17FN2O4/c1-3-10(12(17)18)16-13(19)15-8-5-6-11(20-4-2)9(14)7-8/h5-7,10H,3-4H2,1-2H3,(H,17,18)(H2,15,16,19)/t10-/m0/s1. The maximum atomic E-state index is 13.6. The number of amides is 2. The number of nitrogens with one attached hydrogen (secondary N) is 2. The van der Waals surface area contributed by atoms with Gasteiger partial charge in [0.15, 0.2) is 11.6 Å². The fourth-order valence-corrected chi connectivity index (χ4v) is 1.51. The van der Waals surface area contributed by atoms with Crippen molar-refractivity contribution in [3.8, 4) is 5.75 Å². The van der Waals surface area contributed by atoms with Gasteiger partial charge in [-0.05, 0) is 25.5 Å². The summed E-state index contributed by atoms with van der Waals surface area (Å²) >= 11 is 0. The van der Waals surface area contributed by atoms with Crippen LogP contribution in [-0.2, 0) is 4.79 Å². The molecule has 20 heavy (non-hydrogen) atoms. The fourth-order valence-electron chi connectivity index (χ4n) is 1.51. The van der Waals surface area contributed by atoms with Crippen LogP contribution in [-0.4, -0.2) is 29.8 Å². The minimum absolute atomic E-state index is 0.0930. The summed E-state index contributed by atoms with van der Waals surface area (Å²) in [6.07, 6.45) is 0.250. The molecule has 1 aromatic rings. The summed E-state index contributed by atoms with van der Waals surface area (Å²) in [6, 6.07) is 2.27. The number of carbonyl (C=O) groups excluding carboxylic acids is 1. The molecule has 0 bridgehead atoms. The summed E-state index contributed by atoms with van der Waals surface area (Å²) in [7, 11) is 0. The number of aliphatic carboxylic acids is 1. The van der Waals surface area contributed by atoms with Crippen LogP contribution in [0.4, 0.5) is 14.9 Å². The second-order valence-electron chi connectivity index (χ2n) is 3.98. The van der Waals surface area contributed by atoms with Gasteiger partial charge in [0, 0.05) is 11.8 Å². The number of hydrogen-bond donors (Lipinski definition) is 3. The molecule has 1 atom stereocenters. The fraction of sp³-hybridized carbons (Fsp3) is 0.385. The summed E-state index contributed by atoms with van der Waals surface area (Å²) in [6.45, 7) is 3.70. The molecule has 0 aliphatic heterocycles. The molecule has 0 aliphatic carbocycles. The molecular weight excluding hydrogens is 267 g/mol. The van der Waals surface area contributed by atoms with Crippen molar-refractivity contribution in [2.45, 2.75) is 26.3 Å². The number of benzene rings is 1. The highest BCUT2D eigenvalue weighted by Gasteiger charge is 2.17. The molecule has 0 unspecified atom stereocenters. The zero-order valence-electron chi connectivity index (χ0n) is 11.3. The molecule has 1 rings (SSSR count). The third-order valence-electron chi connectivity index (χ3n) is 2.50. The molecule has 1 aromatic carbocycles. The van der Waals surface area contributed by atoms with Gasteiger partial charge in [-0.25, -0.2) is 14.0 Å². The summed E-state index contributed by atoms with van der Waals surface area (Å²) in [5.41, 5.74) is 0.212. The van der Waals surface area contributed by atoms with Crippen LogP contribution >= 0.6 is 0 Å². The topological polar surface area (TPSA) is 87.7 Å². The molecule has 110 valence electrons. The van der Waals surface area contributed by atoms with Crippen LogP contribution in [0.3, 0.4) is 0 Å². The Kier molecular flexibility index (Phi) is 5.76. The Labute approximate surface area is 115 Å². The predicted molar refractivity (Wildman–Crippen MR) is 71.4 cm³/mol. The Bertz CT molecular complexity index is 493. The summed E-state index contributed by atoms with van der Waals surface area (Å²) in [5, 5.41) is 13.4. The van der Waals surface area contributed by atoms with E-state index < -0.39 is 23.9 Å². The quantitative estimate of drug-likeness (QED) is 0.747.